The lowest BCUT2D eigenvalue weighted by molar-refractivity contribution is 0.00115. The number of carbonyl (C=O) groups is 1. The van der Waals surface area contributed by atoms with Gasteiger partial charge in [-0.05, 0) is 48.7 Å². The molecule has 1 aliphatic heterocycles. The number of para-hydroxylation sites is 1. The SMILES string of the molecule is Cc1cccc(C)c1N1CCN(C(O)Cc2c(C(=O)O)[nH]c3ccc(F)cc23)CC1. The second-order valence-electron chi connectivity index (χ2n) is 7.92. The molecule has 0 amide bonds. The summed E-state index contributed by atoms with van der Waals surface area (Å²) in [5.74, 6) is -1.55. The van der Waals surface area contributed by atoms with Gasteiger partial charge in [0.25, 0.3) is 0 Å². The van der Waals surface area contributed by atoms with Gasteiger partial charge in [0, 0.05) is 49.2 Å². The molecule has 0 aliphatic carbocycles. The Balaban J connectivity index is 1.51. The Hall–Kier alpha value is -2.90. The maximum absolute atomic E-state index is 13.7. The first-order valence-electron chi connectivity index (χ1n) is 10.1. The molecule has 1 unspecified atom stereocenters. The smallest absolute Gasteiger partial charge is 0.352 e. The number of nitrogens with one attached hydrogen (secondary N) is 1. The van der Waals surface area contributed by atoms with Crippen molar-refractivity contribution in [3.05, 3.63) is 64.6 Å². The molecule has 1 aromatic heterocycles. The topological polar surface area (TPSA) is 79.8 Å². The fourth-order valence-corrected chi connectivity index (χ4v) is 4.47. The lowest BCUT2D eigenvalue weighted by Gasteiger charge is -2.39. The number of hydrogen-bond acceptors (Lipinski definition) is 4. The molecular formula is C23H26FN3O3. The van der Waals surface area contributed by atoms with E-state index < -0.39 is 18.0 Å². The minimum absolute atomic E-state index is 0.00354. The average Bonchev–Trinajstić information content (AvgIpc) is 3.06. The second-order valence-corrected chi connectivity index (χ2v) is 7.92. The van der Waals surface area contributed by atoms with Crippen molar-refractivity contribution in [2.75, 3.05) is 31.1 Å². The molecule has 0 spiro atoms. The zero-order valence-corrected chi connectivity index (χ0v) is 17.2. The number of nitrogens with zero attached hydrogens (tertiary/aromatic N) is 2. The number of fused-ring (bicyclic) bond motifs is 1. The van der Waals surface area contributed by atoms with E-state index >= 15 is 0 Å². The highest BCUT2D eigenvalue weighted by Crippen LogP contribution is 2.28. The first kappa shape index (κ1) is 20.4. The molecule has 30 heavy (non-hydrogen) atoms. The van der Waals surface area contributed by atoms with E-state index in [-0.39, 0.29) is 12.1 Å². The number of carboxylic acid groups (broad SMARTS) is 1. The monoisotopic (exact) mass is 411 g/mol. The number of piperazine rings is 1. The molecule has 1 saturated heterocycles. The second kappa shape index (κ2) is 8.08. The van der Waals surface area contributed by atoms with Crippen molar-refractivity contribution < 1.29 is 19.4 Å². The molecule has 158 valence electrons. The summed E-state index contributed by atoms with van der Waals surface area (Å²) in [6, 6.07) is 10.4. The molecule has 1 aliphatic rings. The van der Waals surface area contributed by atoms with Gasteiger partial charge in [-0.2, -0.15) is 0 Å². The lowest BCUT2D eigenvalue weighted by atomic mass is 10.0. The fourth-order valence-electron chi connectivity index (χ4n) is 4.47. The minimum atomic E-state index is -1.12. The number of aromatic carboxylic acids is 1. The van der Waals surface area contributed by atoms with Crippen LogP contribution in [0.4, 0.5) is 10.1 Å². The number of aliphatic hydroxyl groups excluding tert-OH is 1. The summed E-state index contributed by atoms with van der Waals surface area (Å²) in [5, 5.41) is 20.9. The van der Waals surface area contributed by atoms with Crippen molar-refractivity contribution >= 4 is 22.6 Å². The van der Waals surface area contributed by atoms with Crippen LogP contribution in [0.15, 0.2) is 36.4 Å². The molecule has 1 atom stereocenters. The Morgan fingerprint density at radius 2 is 1.80 bits per heavy atom. The van der Waals surface area contributed by atoms with Crippen molar-refractivity contribution in [3.63, 3.8) is 0 Å². The van der Waals surface area contributed by atoms with Gasteiger partial charge in [-0.1, -0.05) is 18.2 Å². The van der Waals surface area contributed by atoms with E-state index in [1.807, 2.05) is 4.90 Å². The Labute approximate surface area is 174 Å². The number of aromatic nitrogens is 1. The van der Waals surface area contributed by atoms with Crippen molar-refractivity contribution in [3.8, 4) is 0 Å². The quantitative estimate of drug-likeness (QED) is 0.600. The van der Waals surface area contributed by atoms with Gasteiger partial charge in [-0.15, -0.1) is 0 Å². The van der Waals surface area contributed by atoms with Crippen LogP contribution in [-0.4, -0.2) is 58.5 Å². The first-order chi connectivity index (χ1) is 14.3. The number of rotatable bonds is 5. The van der Waals surface area contributed by atoms with E-state index in [1.54, 1.807) is 0 Å². The number of anilines is 1. The van der Waals surface area contributed by atoms with Crippen LogP contribution in [0.25, 0.3) is 10.9 Å². The number of benzene rings is 2. The Morgan fingerprint density at radius 1 is 1.13 bits per heavy atom. The van der Waals surface area contributed by atoms with Crippen LogP contribution in [0.5, 0.6) is 0 Å². The van der Waals surface area contributed by atoms with Gasteiger partial charge in [-0.3, -0.25) is 4.90 Å². The van der Waals surface area contributed by atoms with Crippen molar-refractivity contribution in [2.24, 2.45) is 0 Å². The number of aliphatic hydroxyl groups is 1. The summed E-state index contributed by atoms with van der Waals surface area (Å²) in [4.78, 5) is 18.8. The van der Waals surface area contributed by atoms with Crippen LogP contribution in [0.3, 0.4) is 0 Å². The molecule has 1 fully saturated rings. The Bertz CT molecular complexity index is 1070. The number of H-pyrrole nitrogens is 1. The molecule has 0 saturated carbocycles. The van der Waals surface area contributed by atoms with Crippen LogP contribution in [0.2, 0.25) is 0 Å². The summed E-state index contributed by atoms with van der Waals surface area (Å²) >= 11 is 0. The first-order valence-corrected chi connectivity index (χ1v) is 10.1. The van der Waals surface area contributed by atoms with E-state index in [2.05, 4.69) is 41.9 Å². The maximum atomic E-state index is 13.7. The summed E-state index contributed by atoms with van der Waals surface area (Å²) in [6.07, 6.45) is -0.723. The zero-order valence-electron chi connectivity index (χ0n) is 17.2. The number of hydrogen-bond donors (Lipinski definition) is 3. The van der Waals surface area contributed by atoms with Gasteiger partial charge >= 0.3 is 5.97 Å². The Morgan fingerprint density at radius 3 is 2.43 bits per heavy atom. The van der Waals surface area contributed by atoms with E-state index in [9.17, 15) is 19.4 Å². The number of halogens is 1. The van der Waals surface area contributed by atoms with Gasteiger partial charge in [0.15, 0.2) is 0 Å². The highest BCUT2D eigenvalue weighted by molar-refractivity contribution is 5.97. The van der Waals surface area contributed by atoms with E-state index in [0.29, 0.717) is 29.6 Å². The third-order valence-corrected chi connectivity index (χ3v) is 5.96. The molecule has 3 N–H and O–H groups in total. The molecule has 4 rings (SSSR count). The zero-order chi connectivity index (χ0) is 21.4. The third kappa shape index (κ3) is 3.78. The van der Waals surface area contributed by atoms with Crippen LogP contribution < -0.4 is 4.90 Å². The van der Waals surface area contributed by atoms with Crippen LogP contribution >= 0.6 is 0 Å². The number of carboxylic acids is 1. The highest BCUT2D eigenvalue weighted by Gasteiger charge is 2.27. The fraction of sp³-hybridized carbons (Fsp3) is 0.348. The minimum Gasteiger partial charge on any atom is -0.477 e. The molecule has 3 aromatic rings. The standard InChI is InChI=1S/C23H26FN3O3/c1-14-4-3-5-15(2)22(14)27-10-8-26(9-11-27)20(28)13-18-17-12-16(24)6-7-19(17)25-21(18)23(29)30/h3-7,12,20,25,28H,8-11,13H2,1-2H3,(H,29,30). The summed E-state index contributed by atoms with van der Waals surface area (Å²) in [6.45, 7) is 7.08. The summed E-state index contributed by atoms with van der Waals surface area (Å²) < 4.78 is 13.7. The molecule has 2 aromatic carbocycles. The molecular weight excluding hydrogens is 385 g/mol. The predicted octanol–water partition coefficient (Wildman–Crippen LogP) is 3.31. The van der Waals surface area contributed by atoms with Gasteiger partial charge in [0.2, 0.25) is 0 Å². The highest BCUT2D eigenvalue weighted by atomic mass is 19.1. The number of aromatic amines is 1. The predicted molar refractivity (Wildman–Crippen MR) is 115 cm³/mol. The van der Waals surface area contributed by atoms with E-state index in [0.717, 1.165) is 13.1 Å². The molecule has 0 bridgehead atoms. The maximum Gasteiger partial charge on any atom is 0.352 e. The summed E-state index contributed by atoms with van der Waals surface area (Å²) in [5.41, 5.74) is 4.69. The normalized spacial score (nSPS) is 16.2. The van der Waals surface area contributed by atoms with Crippen LogP contribution in [0.1, 0.15) is 27.2 Å². The van der Waals surface area contributed by atoms with E-state index in [1.165, 1.54) is 35.0 Å². The van der Waals surface area contributed by atoms with Crippen LogP contribution in [0, 0.1) is 19.7 Å². The van der Waals surface area contributed by atoms with E-state index in [4.69, 9.17) is 0 Å². The average molecular weight is 411 g/mol. The van der Waals surface area contributed by atoms with Gasteiger partial charge in [-0.25, -0.2) is 9.18 Å². The van der Waals surface area contributed by atoms with Gasteiger partial charge in [0.1, 0.15) is 17.7 Å². The molecule has 0 radical (unpaired) electrons. The molecule has 2 heterocycles. The lowest BCUT2D eigenvalue weighted by Crippen LogP contribution is -2.51. The Kier molecular flexibility index (Phi) is 5.49. The van der Waals surface area contributed by atoms with Crippen molar-refractivity contribution in [1.29, 1.82) is 0 Å². The van der Waals surface area contributed by atoms with Gasteiger partial charge < -0.3 is 20.1 Å². The van der Waals surface area contributed by atoms with Crippen molar-refractivity contribution in [2.45, 2.75) is 26.5 Å². The van der Waals surface area contributed by atoms with Crippen molar-refractivity contribution in [1.82, 2.24) is 9.88 Å². The third-order valence-electron chi connectivity index (χ3n) is 5.96. The largest absolute Gasteiger partial charge is 0.477 e. The molecule has 6 nitrogen and oxygen atoms in total. The van der Waals surface area contributed by atoms with Gasteiger partial charge in [0.05, 0.1) is 0 Å². The summed E-state index contributed by atoms with van der Waals surface area (Å²) in [7, 11) is 0. The van der Waals surface area contributed by atoms with Crippen LogP contribution in [-0.2, 0) is 6.42 Å². The molecule has 7 heteroatoms. The number of aryl methyl sites for hydroxylation is 2.